The summed E-state index contributed by atoms with van der Waals surface area (Å²) in [5, 5.41) is 2.62. The van der Waals surface area contributed by atoms with E-state index in [1.54, 1.807) is 59.9 Å². The Bertz CT molecular complexity index is 1520. The first kappa shape index (κ1) is 22.3. The molecule has 1 amide bonds. The Morgan fingerprint density at radius 2 is 1.86 bits per heavy atom. The topological polar surface area (TPSA) is 77.1 Å². The van der Waals surface area contributed by atoms with Crippen molar-refractivity contribution in [3.05, 3.63) is 102 Å². The van der Waals surface area contributed by atoms with Crippen LogP contribution in [0.3, 0.4) is 0 Å². The van der Waals surface area contributed by atoms with E-state index in [9.17, 15) is 18.0 Å². The Balaban J connectivity index is 1.47. The molecule has 0 saturated carbocycles. The van der Waals surface area contributed by atoms with Crippen LogP contribution in [0.25, 0.3) is 16.9 Å². The van der Waals surface area contributed by atoms with Gasteiger partial charge in [0.2, 0.25) is 0 Å². The summed E-state index contributed by atoms with van der Waals surface area (Å²) in [5.74, 6) is -0.519. The van der Waals surface area contributed by atoms with Crippen molar-refractivity contribution in [2.24, 2.45) is 0 Å². The number of imidazole rings is 2. The summed E-state index contributed by atoms with van der Waals surface area (Å²) >= 11 is 0. The quantitative estimate of drug-likeness (QED) is 0.377. The van der Waals surface area contributed by atoms with Gasteiger partial charge in [0.25, 0.3) is 5.91 Å². The van der Waals surface area contributed by atoms with Crippen molar-refractivity contribution >= 4 is 17.2 Å². The number of alkyl halides is 3. The molecule has 0 aliphatic carbocycles. The van der Waals surface area contributed by atoms with Gasteiger partial charge in [0.05, 0.1) is 30.0 Å². The van der Waals surface area contributed by atoms with Gasteiger partial charge in [-0.05, 0) is 48.4 Å². The second kappa shape index (κ2) is 8.71. The Kier molecular flexibility index (Phi) is 5.56. The summed E-state index contributed by atoms with van der Waals surface area (Å²) in [6.45, 7) is 2.09. The Labute approximate surface area is 197 Å². The minimum absolute atomic E-state index is 0.0583. The van der Waals surface area contributed by atoms with Crippen LogP contribution in [-0.2, 0) is 12.7 Å². The summed E-state index contributed by atoms with van der Waals surface area (Å²) in [5.41, 5.74) is 3.04. The van der Waals surface area contributed by atoms with Crippen molar-refractivity contribution in [3.63, 3.8) is 0 Å². The monoisotopic (exact) mass is 476 g/mol. The van der Waals surface area contributed by atoms with Gasteiger partial charge in [-0.1, -0.05) is 6.07 Å². The average molecular weight is 476 g/mol. The smallest absolute Gasteiger partial charge is 0.333 e. The van der Waals surface area contributed by atoms with E-state index in [0.717, 1.165) is 29.0 Å². The molecule has 7 nitrogen and oxygen atoms in total. The van der Waals surface area contributed by atoms with Crippen LogP contribution >= 0.6 is 0 Å². The predicted molar refractivity (Wildman–Crippen MR) is 124 cm³/mol. The molecule has 0 unspecified atom stereocenters. The minimum atomic E-state index is -4.56. The van der Waals surface area contributed by atoms with Gasteiger partial charge in [0.15, 0.2) is 5.65 Å². The molecular formula is C25H19F3N6O. The molecule has 176 valence electrons. The zero-order chi connectivity index (χ0) is 24.6. The van der Waals surface area contributed by atoms with Gasteiger partial charge in [-0.15, -0.1) is 0 Å². The highest BCUT2D eigenvalue weighted by molar-refractivity contribution is 6.05. The summed E-state index contributed by atoms with van der Waals surface area (Å²) < 4.78 is 44.1. The number of fused-ring (bicyclic) bond motifs is 1. The third-order valence-corrected chi connectivity index (χ3v) is 5.60. The van der Waals surface area contributed by atoms with Gasteiger partial charge in [-0.3, -0.25) is 14.2 Å². The van der Waals surface area contributed by atoms with E-state index in [0.29, 0.717) is 16.8 Å². The van der Waals surface area contributed by atoms with Crippen LogP contribution in [0.5, 0.6) is 0 Å². The first-order chi connectivity index (χ1) is 16.8. The van der Waals surface area contributed by atoms with Gasteiger partial charge in [-0.25, -0.2) is 9.97 Å². The number of hydrogen-bond acceptors (Lipinski definition) is 4. The number of amides is 1. The molecule has 5 rings (SSSR count). The maximum Gasteiger partial charge on any atom is 0.416 e. The third kappa shape index (κ3) is 4.63. The number of nitrogens with zero attached hydrogens (tertiary/aromatic N) is 5. The van der Waals surface area contributed by atoms with E-state index in [2.05, 4.69) is 20.3 Å². The molecule has 0 aliphatic heterocycles. The highest BCUT2D eigenvalue weighted by atomic mass is 19.4. The average Bonchev–Trinajstić information content (AvgIpc) is 3.48. The number of aromatic nitrogens is 5. The lowest BCUT2D eigenvalue weighted by molar-refractivity contribution is -0.137. The summed E-state index contributed by atoms with van der Waals surface area (Å²) in [7, 11) is 0. The van der Waals surface area contributed by atoms with Crippen molar-refractivity contribution in [2.45, 2.75) is 19.6 Å². The minimum Gasteiger partial charge on any atom is -0.333 e. The lowest BCUT2D eigenvalue weighted by Gasteiger charge is -2.14. The number of benzene rings is 2. The lowest BCUT2D eigenvalue weighted by atomic mass is 10.0. The van der Waals surface area contributed by atoms with E-state index >= 15 is 0 Å². The Morgan fingerprint density at radius 1 is 1.03 bits per heavy atom. The van der Waals surface area contributed by atoms with Crippen molar-refractivity contribution < 1.29 is 18.0 Å². The fourth-order valence-electron chi connectivity index (χ4n) is 3.89. The summed E-state index contributed by atoms with van der Waals surface area (Å²) in [4.78, 5) is 25.4. The zero-order valence-electron chi connectivity index (χ0n) is 18.5. The summed E-state index contributed by atoms with van der Waals surface area (Å²) in [6.07, 6.45) is 6.89. The highest BCUT2D eigenvalue weighted by Crippen LogP contribution is 2.33. The maximum absolute atomic E-state index is 13.5. The second-order valence-electron chi connectivity index (χ2n) is 8.08. The van der Waals surface area contributed by atoms with E-state index in [4.69, 9.17) is 0 Å². The molecule has 3 aromatic heterocycles. The predicted octanol–water partition coefficient (Wildman–Crippen LogP) is 5.22. The molecule has 2 aromatic carbocycles. The van der Waals surface area contributed by atoms with Gasteiger partial charge in [-0.2, -0.15) is 13.2 Å². The van der Waals surface area contributed by atoms with Gasteiger partial charge in [0, 0.05) is 48.1 Å². The van der Waals surface area contributed by atoms with Gasteiger partial charge >= 0.3 is 6.18 Å². The number of nitrogens with one attached hydrogen (secondary N) is 1. The second-order valence-corrected chi connectivity index (χ2v) is 8.08. The lowest BCUT2D eigenvalue weighted by Crippen LogP contribution is -2.14. The van der Waals surface area contributed by atoms with Crippen LogP contribution < -0.4 is 5.32 Å². The molecule has 10 heteroatoms. The first-order valence-electron chi connectivity index (χ1n) is 10.6. The molecule has 0 fully saturated rings. The number of aryl methyl sites for hydroxylation is 1. The van der Waals surface area contributed by atoms with Crippen LogP contribution in [0, 0.1) is 6.92 Å². The number of carbonyl (C=O) groups is 1. The molecule has 0 aliphatic rings. The maximum atomic E-state index is 13.5. The standard InChI is InChI=1S/C25H19F3N6O/c1-16-2-3-18(10-21(16)22-12-31-23-13-29-5-7-34(22)23)24(35)32-20-9-17(14-33-6-4-30-15-33)8-19(11-20)25(26,27)28/h2-13,15H,14H2,1H3,(H,32,35). The SMILES string of the molecule is Cc1ccc(C(=O)Nc2cc(Cn3ccnc3)cc(C(F)(F)F)c2)cc1-c1cnc2cnccn12. The van der Waals surface area contributed by atoms with E-state index in [1.807, 2.05) is 11.3 Å². The van der Waals surface area contributed by atoms with Crippen LogP contribution in [0.4, 0.5) is 18.9 Å². The number of rotatable bonds is 5. The molecule has 0 spiro atoms. The van der Waals surface area contributed by atoms with Crippen molar-refractivity contribution in [1.82, 2.24) is 23.9 Å². The summed E-state index contributed by atoms with van der Waals surface area (Å²) in [6, 6.07) is 8.66. The molecular weight excluding hydrogens is 457 g/mol. The van der Waals surface area contributed by atoms with Crippen molar-refractivity contribution in [2.75, 3.05) is 5.32 Å². The number of halogens is 3. The largest absolute Gasteiger partial charge is 0.416 e. The molecule has 0 atom stereocenters. The molecule has 1 N–H and O–H groups in total. The number of hydrogen-bond donors (Lipinski definition) is 1. The first-order valence-corrected chi connectivity index (χ1v) is 10.6. The highest BCUT2D eigenvalue weighted by Gasteiger charge is 2.31. The van der Waals surface area contributed by atoms with Gasteiger partial charge < -0.3 is 9.88 Å². The molecule has 35 heavy (non-hydrogen) atoms. The fraction of sp³-hybridized carbons (Fsp3) is 0.120. The van der Waals surface area contributed by atoms with E-state index in [1.165, 1.54) is 12.4 Å². The molecule has 0 saturated heterocycles. The van der Waals surface area contributed by atoms with Crippen LogP contribution in [-0.4, -0.2) is 29.8 Å². The van der Waals surface area contributed by atoms with E-state index < -0.39 is 17.6 Å². The third-order valence-electron chi connectivity index (χ3n) is 5.60. The number of carbonyl (C=O) groups excluding carboxylic acids is 1. The van der Waals surface area contributed by atoms with Crippen molar-refractivity contribution in [1.29, 1.82) is 0 Å². The van der Waals surface area contributed by atoms with Crippen LogP contribution in [0.1, 0.15) is 27.0 Å². The number of anilines is 1. The van der Waals surface area contributed by atoms with Crippen LogP contribution in [0.15, 0.2) is 79.9 Å². The van der Waals surface area contributed by atoms with Crippen molar-refractivity contribution in [3.8, 4) is 11.3 Å². The normalized spacial score (nSPS) is 11.7. The molecule has 0 radical (unpaired) electrons. The molecule has 3 heterocycles. The van der Waals surface area contributed by atoms with E-state index in [-0.39, 0.29) is 12.2 Å². The molecule has 5 aromatic rings. The Morgan fingerprint density at radius 3 is 2.63 bits per heavy atom. The molecule has 0 bridgehead atoms. The Hall–Kier alpha value is -4.47. The zero-order valence-corrected chi connectivity index (χ0v) is 18.5. The van der Waals surface area contributed by atoms with Gasteiger partial charge in [0.1, 0.15) is 0 Å². The fourth-order valence-corrected chi connectivity index (χ4v) is 3.89. The van der Waals surface area contributed by atoms with Crippen LogP contribution in [0.2, 0.25) is 0 Å².